The third-order valence-electron chi connectivity index (χ3n) is 5.84. The molecule has 1 N–H and O–H groups in total. The van der Waals surface area contributed by atoms with E-state index >= 15 is 0 Å². The molecule has 0 radical (unpaired) electrons. The predicted molar refractivity (Wildman–Crippen MR) is 115 cm³/mol. The smallest absolute Gasteiger partial charge is 0.274 e. The van der Waals surface area contributed by atoms with Crippen molar-refractivity contribution in [1.82, 2.24) is 24.4 Å². The molecule has 2 aliphatic heterocycles. The van der Waals surface area contributed by atoms with Gasteiger partial charge in [-0.3, -0.25) is 4.79 Å². The molecule has 5 rings (SSSR count). The molecule has 0 amide bonds. The highest BCUT2D eigenvalue weighted by molar-refractivity contribution is 5.88. The molecule has 30 heavy (non-hydrogen) atoms. The van der Waals surface area contributed by atoms with Crippen LogP contribution in [0.3, 0.4) is 0 Å². The van der Waals surface area contributed by atoms with Crippen LogP contribution in [0, 0.1) is 0 Å². The molecular weight excluding hydrogens is 382 g/mol. The topological polar surface area (TPSA) is 88.4 Å². The van der Waals surface area contributed by atoms with E-state index in [2.05, 4.69) is 32.1 Å². The van der Waals surface area contributed by atoms with Gasteiger partial charge in [-0.15, -0.1) is 0 Å². The number of fused-ring (bicyclic) bond motifs is 2. The zero-order valence-corrected chi connectivity index (χ0v) is 17.3. The summed E-state index contributed by atoms with van der Waals surface area (Å²) in [4.78, 5) is 31.0. The van der Waals surface area contributed by atoms with E-state index in [-0.39, 0.29) is 5.56 Å². The lowest BCUT2D eigenvalue weighted by atomic mass is 10.1. The number of pyridine rings is 2. The number of hydrogen-bond acceptors (Lipinski definition) is 8. The molecule has 0 spiro atoms. The fourth-order valence-electron chi connectivity index (χ4n) is 4.19. The van der Waals surface area contributed by atoms with Crippen LogP contribution in [0.25, 0.3) is 10.9 Å². The summed E-state index contributed by atoms with van der Waals surface area (Å²) in [6.45, 7) is 4.68. The Labute approximate surface area is 174 Å². The third-order valence-corrected chi connectivity index (χ3v) is 5.84. The quantitative estimate of drug-likeness (QED) is 0.695. The van der Waals surface area contributed by atoms with Crippen molar-refractivity contribution in [2.75, 3.05) is 50.1 Å². The minimum atomic E-state index is -0.0680. The number of likely N-dealkylation sites (N-methyl/N-ethyl adjacent to an activating group) is 1. The molecule has 2 aliphatic rings. The molecule has 9 heteroatoms. The number of morpholine rings is 1. The van der Waals surface area contributed by atoms with Gasteiger partial charge in [-0.25, -0.2) is 15.0 Å². The van der Waals surface area contributed by atoms with Crippen LogP contribution in [-0.4, -0.2) is 64.3 Å². The standard InChI is InChI=1S/C21H25N7O2/c1-26-6-4-17-15(13-26)11-16(20(29)27(17)2)24-21-23-12-14-3-5-22-19(18(14)25-21)28-7-9-30-10-8-28/h3,5,11-12H,4,6-10,13H2,1-2H3,(H,23,24,25). The highest BCUT2D eigenvalue weighted by Gasteiger charge is 2.20. The van der Waals surface area contributed by atoms with Crippen molar-refractivity contribution >= 4 is 28.4 Å². The van der Waals surface area contributed by atoms with Gasteiger partial charge in [-0.05, 0) is 24.7 Å². The Morgan fingerprint density at radius 1 is 1.13 bits per heavy atom. The highest BCUT2D eigenvalue weighted by atomic mass is 16.5. The van der Waals surface area contributed by atoms with Crippen molar-refractivity contribution in [3.8, 4) is 0 Å². The number of nitrogens with zero attached hydrogens (tertiary/aromatic N) is 6. The van der Waals surface area contributed by atoms with Gasteiger partial charge in [-0.2, -0.15) is 0 Å². The fraction of sp³-hybridized carbons (Fsp3) is 0.429. The van der Waals surface area contributed by atoms with E-state index in [4.69, 9.17) is 9.72 Å². The van der Waals surface area contributed by atoms with Crippen molar-refractivity contribution in [3.63, 3.8) is 0 Å². The summed E-state index contributed by atoms with van der Waals surface area (Å²) < 4.78 is 7.20. The third kappa shape index (κ3) is 3.40. The maximum absolute atomic E-state index is 12.9. The monoisotopic (exact) mass is 407 g/mol. The number of rotatable bonds is 3. The molecule has 0 aliphatic carbocycles. The molecule has 9 nitrogen and oxygen atoms in total. The average molecular weight is 407 g/mol. The zero-order valence-electron chi connectivity index (χ0n) is 17.3. The van der Waals surface area contributed by atoms with Crippen LogP contribution in [0.2, 0.25) is 0 Å². The molecule has 0 aromatic carbocycles. The Balaban J connectivity index is 1.52. The van der Waals surface area contributed by atoms with Crippen LogP contribution in [0.1, 0.15) is 11.3 Å². The first-order chi connectivity index (χ1) is 14.6. The zero-order chi connectivity index (χ0) is 20.7. The lowest BCUT2D eigenvalue weighted by molar-refractivity contribution is 0.122. The Kier molecular flexibility index (Phi) is 4.84. The van der Waals surface area contributed by atoms with Crippen molar-refractivity contribution in [1.29, 1.82) is 0 Å². The van der Waals surface area contributed by atoms with Gasteiger partial charge in [-0.1, -0.05) is 0 Å². The molecule has 0 atom stereocenters. The van der Waals surface area contributed by atoms with E-state index < -0.39 is 0 Å². The summed E-state index contributed by atoms with van der Waals surface area (Å²) >= 11 is 0. The molecule has 3 aromatic heterocycles. The van der Waals surface area contributed by atoms with E-state index in [0.717, 1.165) is 60.6 Å². The van der Waals surface area contributed by atoms with Crippen LogP contribution < -0.4 is 15.8 Å². The predicted octanol–water partition coefficient (Wildman–Crippen LogP) is 1.29. The second-order valence-corrected chi connectivity index (χ2v) is 7.87. The maximum Gasteiger partial charge on any atom is 0.274 e. The lowest BCUT2D eigenvalue weighted by Crippen LogP contribution is -2.37. The second-order valence-electron chi connectivity index (χ2n) is 7.87. The molecule has 0 bridgehead atoms. The van der Waals surface area contributed by atoms with Gasteiger partial charge in [0.1, 0.15) is 11.2 Å². The van der Waals surface area contributed by atoms with Crippen molar-refractivity contribution in [3.05, 3.63) is 46.1 Å². The minimum absolute atomic E-state index is 0.0680. The molecule has 0 unspecified atom stereocenters. The molecular formula is C21H25N7O2. The number of hydrogen-bond donors (Lipinski definition) is 1. The van der Waals surface area contributed by atoms with Gasteiger partial charge in [0, 0.05) is 63.1 Å². The number of anilines is 3. The summed E-state index contributed by atoms with van der Waals surface area (Å²) in [5, 5.41) is 4.07. The normalized spacial score (nSPS) is 17.2. The van der Waals surface area contributed by atoms with Crippen LogP contribution in [0.5, 0.6) is 0 Å². The fourth-order valence-corrected chi connectivity index (χ4v) is 4.19. The van der Waals surface area contributed by atoms with Gasteiger partial charge in [0.15, 0.2) is 5.82 Å². The van der Waals surface area contributed by atoms with Gasteiger partial charge in [0.05, 0.1) is 13.2 Å². The second kappa shape index (κ2) is 7.66. The summed E-state index contributed by atoms with van der Waals surface area (Å²) in [7, 11) is 3.92. The largest absolute Gasteiger partial charge is 0.378 e. The van der Waals surface area contributed by atoms with Crippen LogP contribution >= 0.6 is 0 Å². The van der Waals surface area contributed by atoms with Crippen molar-refractivity contribution in [2.45, 2.75) is 13.0 Å². The number of aromatic nitrogens is 4. The Morgan fingerprint density at radius 2 is 1.97 bits per heavy atom. The van der Waals surface area contributed by atoms with Gasteiger partial charge in [0.25, 0.3) is 5.56 Å². The summed E-state index contributed by atoms with van der Waals surface area (Å²) in [6.07, 6.45) is 4.42. The van der Waals surface area contributed by atoms with Crippen LogP contribution in [0.4, 0.5) is 17.5 Å². The van der Waals surface area contributed by atoms with E-state index in [1.54, 1.807) is 17.0 Å². The average Bonchev–Trinajstić information content (AvgIpc) is 2.77. The van der Waals surface area contributed by atoms with E-state index in [9.17, 15) is 4.79 Å². The first-order valence-electron chi connectivity index (χ1n) is 10.2. The molecule has 0 saturated carbocycles. The Hall–Kier alpha value is -3.04. The number of ether oxygens (including phenoxy) is 1. The van der Waals surface area contributed by atoms with Crippen molar-refractivity contribution in [2.24, 2.45) is 7.05 Å². The molecule has 1 saturated heterocycles. The molecule has 5 heterocycles. The first kappa shape index (κ1) is 19.0. The van der Waals surface area contributed by atoms with Crippen LogP contribution in [0.15, 0.2) is 29.3 Å². The van der Waals surface area contributed by atoms with Gasteiger partial charge in [0.2, 0.25) is 5.95 Å². The number of nitrogens with one attached hydrogen (secondary N) is 1. The summed E-state index contributed by atoms with van der Waals surface area (Å²) in [6, 6.07) is 3.84. The van der Waals surface area contributed by atoms with E-state index in [0.29, 0.717) is 24.8 Å². The Morgan fingerprint density at radius 3 is 2.80 bits per heavy atom. The van der Waals surface area contributed by atoms with Gasteiger partial charge >= 0.3 is 0 Å². The first-order valence-corrected chi connectivity index (χ1v) is 10.2. The highest BCUT2D eigenvalue weighted by Crippen LogP contribution is 2.25. The van der Waals surface area contributed by atoms with Gasteiger partial charge < -0.3 is 24.4 Å². The molecule has 1 fully saturated rings. The van der Waals surface area contributed by atoms with Crippen LogP contribution in [-0.2, 0) is 24.8 Å². The van der Waals surface area contributed by atoms with E-state index in [1.807, 2.05) is 19.2 Å². The minimum Gasteiger partial charge on any atom is -0.378 e. The lowest BCUT2D eigenvalue weighted by Gasteiger charge is -2.28. The van der Waals surface area contributed by atoms with Crippen molar-refractivity contribution < 1.29 is 4.74 Å². The SMILES string of the molecule is CN1CCc2c(cc(Nc3ncc4ccnc(N5CCOCC5)c4n3)c(=O)n2C)C1. The molecule has 3 aromatic rings. The Bertz CT molecular complexity index is 1150. The van der Waals surface area contributed by atoms with E-state index in [1.165, 1.54) is 0 Å². The summed E-state index contributed by atoms with van der Waals surface area (Å²) in [5.41, 5.74) is 3.45. The molecule has 156 valence electrons. The maximum atomic E-state index is 12.9. The summed E-state index contributed by atoms with van der Waals surface area (Å²) in [5.74, 6) is 1.22.